The molecule has 0 radical (unpaired) electrons. The molecule has 7 nitrogen and oxygen atoms in total. The Balaban J connectivity index is 3.26. The molecule has 0 saturated carbocycles. The largest absolute Gasteiger partial charge is 0.480 e. The van der Waals surface area contributed by atoms with Gasteiger partial charge in [-0.25, -0.2) is 4.79 Å². The number of nitrogens with one attached hydrogen (secondary N) is 1. The Kier molecular flexibility index (Phi) is 5.57. The first-order valence-electron chi connectivity index (χ1n) is 3.65. The highest BCUT2D eigenvalue weighted by molar-refractivity contribution is 5.73. The Labute approximate surface area is 75.0 Å². The molecule has 0 saturated heterocycles. The van der Waals surface area contributed by atoms with Crippen LogP contribution in [0.15, 0.2) is 0 Å². The Morgan fingerprint density at radius 2 is 2.15 bits per heavy atom. The minimum atomic E-state index is -1.08. The number of ether oxygens (including phenoxy) is 1. The predicted octanol–water partition coefficient (Wildman–Crippen LogP) is -1.92. The highest BCUT2D eigenvalue weighted by atomic mass is 16.5. The van der Waals surface area contributed by atoms with E-state index in [1.165, 1.54) is 0 Å². The van der Waals surface area contributed by atoms with Crippen LogP contribution in [0.2, 0.25) is 0 Å². The number of hydrogen-bond donors (Lipinski definition) is 4. The summed E-state index contributed by atoms with van der Waals surface area (Å²) in [5, 5.41) is 11.0. The van der Waals surface area contributed by atoms with Crippen LogP contribution in [0.4, 0.5) is 4.79 Å². The van der Waals surface area contributed by atoms with Crippen LogP contribution < -0.4 is 16.8 Å². The zero-order chi connectivity index (χ0) is 10.3. The number of hydrogen-bond acceptors (Lipinski definition) is 5. The number of carboxylic acid groups (broad SMARTS) is 1. The lowest BCUT2D eigenvalue weighted by Gasteiger charge is -2.07. The van der Waals surface area contributed by atoms with Gasteiger partial charge in [0.25, 0.3) is 0 Å². The molecule has 0 aromatic carbocycles. The molecule has 0 fully saturated rings. The number of nitrogens with two attached hydrogens (primary N) is 2. The second kappa shape index (κ2) is 6.21. The van der Waals surface area contributed by atoms with Gasteiger partial charge in [0.2, 0.25) is 0 Å². The zero-order valence-electron chi connectivity index (χ0n) is 7.03. The minimum absolute atomic E-state index is 0.0989. The summed E-state index contributed by atoms with van der Waals surface area (Å²) in [5.74, 6) is -1.08. The third-order valence-corrected chi connectivity index (χ3v) is 1.20. The molecule has 0 spiro atoms. The molecule has 0 aromatic heterocycles. The molecule has 1 unspecified atom stereocenters. The molecule has 1 atom stereocenters. The maximum absolute atomic E-state index is 10.2. The quantitative estimate of drug-likeness (QED) is 0.362. The molecule has 0 aromatic rings. The van der Waals surface area contributed by atoms with Gasteiger partial charge in [-0.05, 0) is 0 Å². The van der Waals surface area contributed by atoms with Crippen LogP contribution in [0.3, 0.4) is 0 Å². The summed E-state index contributed by atoms with van der Waals surface area (Å²) in [6.45, 7) is 0.545. The molecule has 0 heterocycles. The van der Waals surface area contributed by atoms with Crippen molar-refractivity contribution >= 4 is 12.1 Å². The molecule has 0 aliphatic heterocycles. The van der Waals surface area contributed by atoms with E-state index >= 15 is 0 Å². The molecule has 0 bridgehead atoms. The van der Waals surface area contributed by atoms with E-state index in [0.717, 1.165) is 0 Å². The molecule has 0 aliphatic carbocycles. The van der Waals surface area contributed by atoms with Crippen molar-refractivity contribution in [2.24, 2.45) is 11.5 Å². The Morgan fingerprint density at radius 3 is 2.62 bits per heavy atom. The lowest BCUT2D eigenvalue weighted by Crippen LogP contribution is -2.41. The average Bonchev–Trinajstić information content (AvgIpc) is 2.02. The van der Waals surface area contributed by atoms with Gasteiger partial charge in [0.1, 0.15) is 12.6 Å². The van der Waals surface area contributed by atoms with Crippen molar-refractivity contribution < 1.29 is 19.4 Å². The fourth-order valence-corrected chi connectivity index (χ4v) is 0.569. The first kappa shape index (κ1) is 11.7. The number of aliphatic carboxylic acids is 1. The van der Waals surface area contributed by atoms with E-state index < -0.39 is 18.1 Å². The number of carbonyl (C=O) groups is 2. The van der Waals surface area contributed by atoms with Gasteiger partial charge in [0.05, 0.1) is 0 Å². The summed E-state index contributed by atoms with van der Waals surface area (Å²) >= 11 is 0. The van der Waals surface area contributed by atoms with Crippen LogP contribution in [0, 0.1) is 0 Å². The van der Waals surface area contributed by atoms with Crippen LogP contribution in [0.1, 0.15) is 0 Å². The van der Waals surface area contributed by atoms with E-state index in [1.54, 1.807) is 0 Å². The summed E-state index contributed by atoms with van der Waals surface area (Å²) in [6.07, 6.45) is -0.857. The van der Waals surface area contributed by atoms with Gasteiger partial charge in [-0.3, -0.25) is 4.79 Å². The lowest BCUT2D eigenvalue weighted by molar-refractivity contribution is -0.138. The van der Waals surface area contributed by atoms with Crippen LogP contribution >= 0.6 is 0 Å². The molecular weight excluding hydrogens is 178 g/mol. The Bertz CT molecular complexity index is 185. The van der Waals surface area contributed by atoms with Gasteiger partial charge in [0.15, 0.2) is 0 Å². The van der Waals surface area contributed by atoms with E-state index in [1.807, 2.05) is 0 Å². The maximum Gasteiger partial charge on any atom is 0.404 e. The number of carboxylic acids is 1. The van der Waals surface area contributed by atoms with Crippen molar-refractivity contribution in [2.75, 3.05) is 19.7 Å². The lowest BCUT2D eigenvalue weighted by atomic mass is 10.3. The van der Waals surface area contributed by atoms with Gasteiger partial charge < -0.3 is 26.6 Å². The molecule has 0 aliphatic rings. The molecule has 7 heteroatoms. The van der Waals surface area contributed by atoms with E-state index in [0.29, 0.717) is 6.54 Å². The molecule has 0 rings (SSSR count). The summed E-state index contributed by atoms with van der Waals surface area (Å²) in [4.78, 5) is 20.3. The van der Waals surface area contributed by atoms with E-state index in [2.05, 4.69) is 15.8 Å². The van der Waals surface area contributed by atoms with Crippen molar-refractivity contribution in [1.29, 1.82) is 0 Å². The van der Waals surface area contributed by atoms with Gasteiger partial charge in [-0.1, -0.05) is 0 Å². The van der Waals surface area contributed by atoms with Crippen LogP contribution in [-0.4, -0.2) is 42.9 Å². The van der Waals surface area contributed by atoms with Gasteiger partial charge in [0, 0.05) is 13.1 Å². The fourth-order valence-electron chi connectivity index (χ4n) is 0.569. The van der Waals surface area contributed by atoms with Crippen molar-refractivity contribution in [2.45, 2.75) is 6.04 Å². The van der Waals surface area contributed by atoms with Crippen LogP contribution in [-0.2, 0) is 9.53 Å². The third kappa shape index (κ3) is 7.04. The molecule has 13 heavy (non-hydrogen) atoms. The summed E-state index contributed by atoms with van der Waals surface area (Å²) < 4.78 is 4.37. The number of carbonyl (C=O) groups excluding carboxylic acids is 1. The topological polar surface area (TPSA) is 128 Å². The van der Waals surface area contributed by atoms with E-state index in [4.69, 9.17) is 10.8 Å². The van der Waals surface area contributed by atoms with E-state index in [-0.39, 0.29) is 13.2 Å². The molecule has 1 amide bonds. The molecule has 6 N–H and O–H groups in total. The zero-order valence-corrected chi connectivity index (χ0v) is 7.03. The average molecular weight is 191 g/mol. The maximum atomic E-state index is 10.2. The van der Waals surface area contributed by atoms with Crippen LogP contribution in [0.25, 0.3) is 0 Å². The van der Waals surface area contributed by atoms with Crippen molar-refractivity contribution in [3.8, 4) is 0 Å². The van der Waals surface area contributed by atoms with Crippen LogP contribution in [0.5, 0.6) is 0 Å². The standard InChI is InChI=1S/C6H13N3O4/c7-4(5(10)11)3-9-1-2-13-6(8)12/h4,9H,1-3,7H2,(H2,8,12)(H,10,11). The summed E-state index contributed by atoms with van der Waals surface area (Å²) in [6, 6.07) is -0.950. The number of rotatable bonds is 6. The monoisotopic (exact) mass is 191 g/mol. The first-order valence-corrected chi connectivity index (χ1v) is 3.65. The fraction of sp³-hybridized carbons (Fsp3) is 0.667. The molecule has 76 valence electrons. The summed E-state index contributed by atoms with van der Waals surface area (Å²) in [5.41, 5.74) is 9.84. The third-order valence-electron chi connectivity index (χ3n) is 1.20. The van der Waals surface area contributed by atoms with Crippen molar-refractivity contribution in [3.63, 3.8) is 0 Å². The van der Waals surface area contributed by atoms with Gasteiger partial charge in [-0.2, -0.15) is 0 Å². The number of primary amides is 1. The Morgan fingerprint density at radius 1 is 1.54 bits per heavy atom. The smallest absolute Gasteiger partial charge is 0.404 e. The second-order valence-electron chi connectivity index (χ2n) is 2.32. The SMILES string of the molecule is NC(=O)OCCNCC(N)C(=O)O. The highest BCUT2D eigenvalue weighted by Gasteiger charge is 2.09. The van der Waals surface area contributed by atoms with Crippen molar-refractivity contribution in [3.05, 3.63) is 0 Å². The van der Waals surface area contributed by atoms with Gasteiger partial charge in [-0.15, -0.1) is 0 Å². The number of amides is 1. The van der Waals surface area contributed by atoms with Gasteiger partial charge >= 0.3 is 12.1 Å². The second-order valence-corrected chi connectivity index (χ2v) is 2.32. The minimum Gasteiger partial charge on any atom is -0.480 e. The van der Waals surface area contributed by atoms with Crippen molar-refractivity contribution in [1.82, 2.24) is 5.32 Å². The van der Waals surface area contributed by atoms with E-state index in [9.17, 15) is 9.59 Å². The first-order chi connectivity index (χ1) is 6.04. The molecular formula is C6H13N3O4. The highest BCUT2D eigenvalue weighted by Crippen LogP contribution is 1.76. The Hall–Kier alpha value is -1.34. The predicted molar refractivity (Wildman–Crippen MR) is 44.0 cm³/mol. The normalized spacial score (nSPS) is 12.1. The summed E-state index contributed by atoms with van der Waals surface area (Å²) in [7, 11) is 0.